The third-order valence-corrected chi connectivity index (χ3v) is 9.72. The SMILES string of the molecule is CCOC(=O)CC(C=NC(=O)C(CC(C)C)n1cc(CCN2CCC2)c(C(F)(F)F)cc1=O)c1c(F)c(-c2c(C)cc(F)c(C)c2C)cc(C(F)(F)F)c1F. The van der Waals surface area contributed by atoms with Crippen molar-refractivity contribution in [2.24, 2.45) is 10.9 Å². The van der Waals surface area contributed by atoms with Gasteiger partial charge in [0.25, 0.3) is 11.5 Å². The normalized spacial score (nSPS) is 15.1. The minimum Gasteiger partial charge on any atom is -0.466 e. The molecule has 7 nitrogen and oxygen atoms in total. The van der Waals surface area contributed by atoms with Gasteiger partial charge >= 0.3 is 18.3 Å². The minimum atomic E-state index is -5.39. The topological polar surface area (TPSA) is 81.0 Å². The van der Waals surface area contributed by atoms with Crippen LogP contribution in [0.15, 0.2) is 34.2 Å². The van der Waals surface area contributed by atoms with Gasteiger partial charge < -0.3 is 14.2 Å². The van der Waals surface area contributed by atoms with E-state index in [1.54, 1.807) is 13.8 Å². The number of hydrogen-bond donors (Lipinski definition) is 0. The summed E-state index contributed by atoms with van der Waals surface area (Å²) >= 11 is 0. The molecule has 1 fully saturated rings. The van der Waals surface area contributed by atoms with Gasteiger partial charge in [0.05, 0.1) is 24.2 Å². The maximum Gasteiger partial charge on any atom is 0.419 e. The fourth-order valence-electron chi connectivity index (χ4n) is 6.66. The minimum absolute atomic E-state index is 0.00641. The lowest BCUT2D eigenvalue weighted by atomic mass is 9.86. The number of aromatic nitrogens is 1. The van der Waals surface area contributed by atoms with Crippen LogP contribution >= 0.6 is 0 Å². The Morgan fingerprint density at radius 2 is 1.56 bits per heavy atom. The standard InChI is InChI=1S/C39H42F9N3O4/c1-7-55-32(53)15-25(34-35(41)26(16-28(36(34)42)39(46,47)48)33-21(4)14-29(40)22(5)23(33)6)18-49-37(54)30(13-20(2)3)51-19-24(9-12-50-10-8-11-50)27(17-31(51)52)38(43,44)45/h14,16-20,25,30H,7-13,15H2,1-6H3. The highest BCUT2D eigenvalue weighted by molar-refractivity contribution is 5.91. The van der Waals surface area contributed by atoms with Crippen LogP contribution in [-0.4, -0.2) is 53.8 Å². The van der Waals surface area contributed by atoms with E-state index in [1.165, 1.54) is 27.7 Å². The second kappa shape index (κ2) is 17.1. The van der Waals surface area contributed by atoms with E-state index in [0.717, 1.165) is 23.3 Å². The molecule has 0 bridgehead atoms. The van der Waals surface area contributed by atoms with Crippen LogP contribution in [0.2, 0.25) is 0 Å². The Kier molecular flexibility index (Phi) is 13.5. The molecule has 2 aromatic carbocycles. The van der Waals surface area contributed by atoms with Crippen LogP contribution in [0.4, 0.5) is 39.5 Å². The molecule has 2 atom stereocenters. The number of halogens is 9. The summed E-state index contributed by atoms with van der Waals surface area (Å²) in [4.78, 5) is 45.5. The molecule has 0 aliphatic carbocycles. The molecular weight excluding hydrogens is 745 g/mol. The Labute approximate surface area is 312 Å². The van der Waals surface area contributed by atoms with Gasteiger partial charge in [0, 0.05) is 42.1 Å². The second-order valence-electron chi connectivity index (χ2n) is 14.1. The van der Waals surface area contributed by atoms with Crippen molar-refractivity contribution >= 4 is 18.1 Å². The molecule has 16 heteroatoms. The van der Waals surface area contributed by atoms with Crippen molar-refractivity contribution < 1.29 is 53.8 Å². The van der Waals surface area contributed by atoms with Gasteiger partial charge in [0.15, 0.2) is 0 Å². The lowest BCUT2D eigenvalue weighted by Gasteiger charge is -2.31. The number of hydrogen-bond acceptors (Lipinski definition) is 5. The lowest BCUT2D eigenvalue weighted by molar-refractivity contribution is -0.143. The zero-order valence-electron chi connectivity index (χ0n) is 31.2. The number of benzene rings is 2. The number of alkyl halides is 6. The highest BCUT2D eigenvalue weighted by Crippen LogP contribution is 2.43. The number of aliphatic imine (C=N–C) groups is 1. The molecule has 2 unspecified atom stereocenters. The first kappa shape index (κ1) is 43.3. The molecular formula is C39H42F9N3O4. The first-order valence-corrected chi connectivity index (χ1v) is 17.7. The summed E-state index contributed by atoms with van der Waals surface area (Å²) in [5.41, 5.74) is -6.63. The number of nitrogens with zero attached hydrogens (tertiary/aromatic N) is 3. The predicted molar refractivity (Wildman–Crippen MR) is 187 cm³/mol. The van der Waals surface area contributed by atoms with Crippen molar-refractivity contribution in [3.05, 3.63) is 91.1 Å². The van der Waals surface area contributed by atoms with Gasteiger partial charge in [0.1, 0.15) is 23.5 Å². The molecule has 1 aromatic heterocycles. The summed E-state index contributed by atoms with van der Waals surface area (Å²) in [5, 5.41) is 0. The van der Waals surface area contributed by atoms with Gasteiger partial charge in [-0.2, -0.15) is 26.3 Å². The number of pyridine rings is 1. The molecule has 1 aliphatic rings. The van der Waals surface area contributed by atoms with Crippen LogP contribution in [0.1, 0.15) is 90.9 Å². The number of likely N-dealkylation sites (tertiary alicyclic amines) is 1. The summed E-state index contributed by atoms with van der Waals surface area (Å²) in [6.07, 6.45) is -9.12. The van der Waals surface area contributed by atoms with Crippen LogP contribution < -0.4 is 5.56 Å². The maximum atomic E-state index is 16.6. The zero-order chi connectivity index (χ0) is 41.2. The number of rotatable bonds is 13. The molecule has 1 saturated heterocycles. The number of ether oxygens (including phenoxy) is 1. The zero-order valence-corrected chi connectivity index (χ0v) is 31.2. The third kappa shape index (κ3) is 9.86. The highest BCUT2D eigenvalue weighted by atomic mass is 19.4. The van der Waals surface area contributed by atoms with Crippen LogP contribution in [-0.2, 0) is 33.1 Å². The van der Waals surface area contributed by atoms with E-state index < -0.39 is 87.9 Å². The number of carbonyl (C=O) groups excluding carboxylic acids is 2. The van der Waals surface area contributed by atoms with E-state index >= 15 is 8.78 Å². The Hall–Kier alpha value is -4.47. The monoisotopic (exact) mass is 787 g/mol. The predicted octanol–water partition coefficient (Wildman–Crippen LogP) is 9.07. The quantitative estimate of drug-likeness (QED) is 0.0982. The third-order valence-electron chi connectivity index (χ3n) is 9.72. The number of aryl methyl sites for hydroxylation is 1. The van der Waals surface area contributed by atoms with Crippen LogP contribution in [0.5, 0.6) is 0 Å². The molecule has 3 aromatic rings. The molecule has 4 rings (SSSR count). The lowest BCUT2D eigenvalue weighted by Crippen LogP contribution is -2.39. The fraction of sp³-hybridized carbons (Fsp3) is 0.487. The number of esters is 1. The van der Waals surface area contributed by atoms with Crippen LogP contribution in [0, 0.1) is 44.1 Å². The highest BCUT2D eigenvalue weighted by Gasteiger charge is 2.40. The Morgan fingerprint density at radius 1 is 0.927 bits per heavy atom. The van der Waals surface area contributed by atoms with Crippen LogP contribution in [0.3, 0.4) is 0 Å². The molecule has 1 amide bonds. The second-order valence-corrected chi connectivity index (χ2v) is 14.1. The van der Waals surface area contributed by atoms with Gasteiger partial charge in [-0.1, -0.05) is 13.8 Å². The molecule has 55 heavy (non-hydrogen) atoms. The van der Waals surface area contributed by atoms with Gasteiger partial charge in [0.2, 0.25) is 0 Å². The summed E-state index contributed by atoms with van der Waals surface area (Å²) < 4.78 is 138. The van der Waals surface area contributed by atoms with Gasteiger partial charge in [-0.3, -0.25) is 14.4 Å². The summed E-state index contributed by atoms with van der Waals surface area (Å²) in [5.74, 6) is -8.99. The average Bonchev–Trinajstić information content (AvgIpc) is 3.04. The molecule has 300 valence electrons. The van der Waals surface area contributed by atoms with Crippen molar-refractivity contribution in [3.63, 3.8) is 0 Å². The van der Waals surface area contributed by atoms with Crippen molar-refractivity contribution in [1.82, 2.24) is 9.47 Å². The first-order chi connectivity index (χ1) is 25.6. The van der Waals surface area contributed by atoms with Crippen LogP contribution in [0.25, 0.3) is 11.1 Å². The van der Waals surface area contributed by atoms with Gasteiger partial charge in [-0.15, -0.1) is 0 Å². The first-order valence-electron chi connectivity index (χ1n) is 17.7. The summed E-state index contributed by atoms with van der Waals surface area (Å²) in [6, 6.07) is 0.0733. The largest absolute Gasteiger partial charge is 0.466 e. The number of carbonyl (C=O) groups is 2. The molecule has 0 saturated carbocycles. The van der Waals surface area contributed by atoms with Crippen molar-refractivity contribution in [3.8, 4) is 11.1 Å². The van der Waals surface area contributed by atoms with E-state index in [1.807, 2.05) is 4.90 Å². The Balaban J connectivity index is 1.91. The molecule has 1 aliphatic heterocycles. The molecule has 0 N–H and O–H groups in total. The van der Waals surface area contributed by atoms with Gasteiger partial charge in [-0.05, 0) is 106 Å². The fourth-order valence-corrected chi connectivity index (χ4v) is 6.66. The average molecular weight is 788 g/mol. The summed E-state index contributed by atoms with van der Waals surface area (Å²) in [6.45, 7) is 10.1. The Bertz CT molecular complexity index is 2020. The number of amides is 1. The molecule has 0 radical (unpaired) electrons. The van der Waals surface area contributed by atoms with E-state index in [-0.39, 0.29) is 65.8 Å². The van der Waals surface area contributed by atoms with Gasteiger partial charge in [-0.25, -0.2) is 18.2 Å². The molecule has 2 heterocycles. The van der Waals surface area contributed by atoms with Crippen molar-refractivity contribution in [2.75, 3.05) is 26.2 Å². The van der Waals surface area contributed by atoms with Crippen molar-refractivity contribution in [2.45, 2.75) is 91.5 Å². The smallest absolute Gasteiger partial charge is 0.419 e. The van der Waals surface area contributed by atoms with E-state index in [4.69, 9.17) is 4.74 Å². The van der Waals surface area contributed by atoms with E-state index in [9.17, 15) is 45.1 Å². The molecule has 0 spiro atoms. The van der Waals surface area contributed by atoms with Crippen molar-refractivity contribution in [1.29, 1.82) is 0 Å². The van der Waals surface area contributed by atoms with E-state index in [2.05, 4.69) is 4.99 Å². The summed E-state index contributed by atoms with van der Waals surface area (Å²) in [7, 11) is 0. The maximum absolute atomic E-state index is 16.6. The Morgan fingerprint density at radius 3 is 2.11 bits per heavy atom. The van der Waals surface area contributed by atoms with E-state index in [0.29, 0.717) is 25.4 Å².